The van der Waals surface area contributed by atoms with Gasteiger partial charge in [0.25, 0.3) is 0 Å². The highest BCUT2D eigenvalue weighted by Gasteiger charge is 2.36. The van der Waals surface area contributed by atoms with Gasteiger partial charge in [-0.1, -0.05) is 12.1 Å². The minimum atomic E-state index is -4.88. The standard InChI is InChI=1S/C17H11F6N3/c18-16(19,20)11-5-10(6-12(7-11)17(21,22)23)8-25-15-9-24-13-3-1-2-4-14(13)26-15/h1-7,9H,8H2,(H,25,26). The third-order valence-corrected chi connectivity index (χ3v) is 3.57. The summed E-state index contributed by atoms with van der Waals surface area (Å²) in [4.78, 5) is 8.34. The zero-order valence-corrected chi connectivity index (χ0v) is 13.0. The first-order valence-corrected chi connectivity index (χ1v) is 7.37. The van der Waals surface area contributed by atoms with Gasteiger partial charge in [-0.3, -0.25) is 4.98 Å². The zero-order valence-electron chi connectivity index (χ0n) is 13.0. The van der Waals surface area contributed by atoms with Crippen LogP contribution >= 0.6 is 0 Å². The summed E-state index contributed by atoms with van der Waals surface area (Å²) in [6, 6.07) is 8.38. The lowest BCUT2D eigenvalue weighted by atomic mass is 10.0. The van der Waals surface area contributed by atoms with Crippen LogP contribution in [0.5, 0.6) is 0 Å². The fourth-order valence-electron chi connectivity index (χ4n) is 2.36. The van der Waals surface area contributed by atoms with Crippen molar-refractivity contribution in [2.75, 3.05) is 5.32 Å². The molecule has 0 saturated carbocycles. The van der Waals surface area contributed by atoms with Gasteiger partial charge in [-0.15, -0.1) is 0 Å². The van der Waals surface area contributed by atoms with Gasteiger partial charge in [0.1, 0.15) is 5.82 Å². The van der Waals surface area contributed by atoms with Gasteiger partial charge in [0.15, 0.2) is 0 Å². The second-order valence-electron chi connectivity index (χ2n) is 5.51. The Balaban J connectivity index is 1.88. The fraction of sp³-hybridized carbons (Fsp3) is 0.176. The summed E-state index contributed by atoms with van der Waals surface area (Å²) in [5.74, 6) is 0.245. The van der Waals surface area contributed by atoms with Gasteiger partial charge in [0.05, 0.1) is 28.4 Å². The van der Waals surface area contributed by atoms with Crippen LogP contribution in [-0.4, -0.2) is 9.97 Å². The third-order valence-electron chi connectivity index (χ3n) is 3.57. The molecule has 0 aliphatic carbocycles. The van der Waals surface area contributed by atoms with Gasteiger partial charge in [0.2, 0.25) is 0 Å². The highest BCUT2D eigenvalue weighted by Crippen LogP contribution is 2.36. The molecule has 0 amide bonds. The van der Waals surface area contributed by atoms with Gasteiger partial charge in [-0.25, -0.2) is 4.98 Å². The first-order valence-electron chi connectivity index (χ1n) is 7.37. The normalized spacial score (nSPS) is 12.4. The van der Waals surface area contributed by atoms with Crippen molar-refractivity contribution >= 4 is 16.9 Å². The summed E-state index contributed by atoms with van der Waals surface area (Å²) in [7, 11) is 0. The number of nitrogens with one attached hydrogen (secondary N) is 1. The minimum Gasteiger partial charge on any atom is -0.365 e. The van der Waals surface area contributed by atoms with Gasteiger partial charge in [0, 0.05) is 6.54 Å². The predicted octanol–water partition coefficient (Wildman–Crippen LogP) is 5.28. The molecule has 136 valence electrons. The molecule has 2 aromatic carbocycles. The molecule has 0 atom stereocenters. The van der Waals surface area contributed by atoms with E-state index in [1.807, 2.05) is 0 Å². The van der Waals surface area contributed by atoms with Crippen LogP contribution in [0.1, 0.15) is 16.7 Å². The van der Waals surface area contributed by atoms with E-state index < -0.39 is 23.5 Å². The van der Waals surface area contributed by atoms with E-state index in [4.69, 9.17) is 0 Å². The van der Waals surface area contributed by atoms with E-state index in [0.29, 0.717) is 23.2 Å². The molecule has 1 aromatic heterocycles. The number of halogens is 6. The van der Waals surface area contributed by atoms with Crippen LogP contribution in [0.4, 0.5) is 32.2 Å². The number of benzene rings is 2. The Morgan fingerprint density at radius 2 is 1.38 bits per heavy atom. The van der Waals surface area contributed by atoms with Crippen molar-refractivity contribution in [3.8, 4) is 0 Å². The monoisotopic (exact) mass is 371 g/mol. The largest absolute Gasteiger partial charge is 0.416 e. The number of hydrogen-bond donors (Lipinski definition) is 1. The Labute approximate surface area is 143 Å². The lowest BCUT2D eigenvalue weighted by Crippen LogP contribution is -2.13. The van der Waals surface area contributed by atoms with Gasteiger partial charge in [-0.2, -0.15) is 26.3 Å². The van der Waals surface area contributed by atoms with E-state index in [2.05, 4.69) is 15.3 Å². The Kier molecular flexibility index (Phi) is 4.47. The fourth-order valence-corrected chi connectivity index (χ4v) is 2.36. The number of nitrogens with zero attached hydrogens (tertiary/aromatic N) is 2. The lowest BCUT2D eigenvalue weighted by molar-refractivity contribution is -0.143. The number of fused-ring (bicyclic) bond motifs is 1. The van der Waals surface area contributed by atoms with Crippen molar-refractivity contribution in [2.24, 2.45) is 0 Å². The van der Waals surface area contributed by atoms with Crippen LogP contribution in [0, 0.1) is 0 Å². The summed E-state index contributed by atoms with van der Waals surface area (Å²) in [6.07, 6.45) is -8.39. The molecule has 1 heterocycles. The molecular weight excluding hydrogens is 360 g/mol. The molecule has 3 aromatic rings. The van der Waals surface area contributed by atoms with E-state index in [1.165, 1.54) is 6.20 Å². The number of para-hydroxylation sites is 2. The molecule has 0 unspecified atom stereocenters. The van der Waals surface area contributed by atoms with E-state index in [0.717, 1.165) is 0 Å². The molecule has 3 rings (SSSR count). The zero-order chi connectivity index (χ0) is 18.9. The molecule has 0 bridgehead atoms. The number of hydrogen-bond acceptors (Lipinski definition) is 3. The molecule has 0 radical (unpaired) electrons. The molecule has 9 heteroatoms. The highest BCUT2D eigenvalue weighted by atomic mass is 19.4. The smallest absolute Gasteiger partial charge is 0.365 e. The van der Waals surface area contributed by atoms with Crippen LogP contribution in [-0.2, 0) is 18.9 Å². The van der Waals surface area contributed by atoms with E-state index in [-0.39, 0.29) is 24.0 Å². The molecule has 0 aliphatic rings. The molecular formula is C17H11F6N3. The Hall–Kier alpha value is -2.84. The Morgan fingerprint density at radius 3 is 1.96 bits per heavy atom. The predicted molar refractivity (Wildman–Crippen MR) is 83.3 cm³/mol. The van der Waals surface area contributed by atoms with Crippen LogP contribution in [0.2, 0.25) is 0 Å². The van der Waals surface area contributed by atoms with Crippen molar-refractivity contribution < 1.29 is 26.3 Å². The first-order chi connectivity index (χ1) is 12.1. The SMILES string of the molecule is FC(F)(F)c1cc(CNc2cnc3ccccc3n2)cc(C(F)(F)F)c1. The Bertz CT molecular complexity index is 901. The quantitative estimate of drug-likeness (QED) is 0.637. The minimum absolute atomic E-state index is 0.0966. The maximum Gasteiger partial charge on any atom is 0.416 e. The van der Waals surface area contributed by atoms with Gasteiger partial charge >= 0.3 is 12.4 Å². The molecule has 0 saturated heterocycles. The Morgan fingerprint density at radius 1 is 0.808 bits per heavy atom. The maximum absolute atomic E-state index is 12.9. The topological polar surface area (TPSA) is 37.8 Å². The third kappa shape index (κ3) is 4.04. The van der Waals surface area contributed by atoms with Crippen molar-refractivity contribution in [2.45, 2.75) is 18.9 Å². The van der Waals surface area contributed by atoms with Crippen molar-refractivity contribution in [3.05, 3.63) is 65.4 Å². The summed E-state index contributed by atoms with van der Waals surface area (Å²) < 4.78 is 77.2. The summed E-state index contributed by atoms with van der Waals surface area (Å²) in [5.41, 5.74) is -1.70. The number of alkyl halides is 6. The molecule has 0 aliphatic heterocycles. The first kappa shape index (κ1) is 18.0. The van der Waals surface area contributed by atoms with Crippen molar-refractivity contribution in [1.82, 2.24) is 9.97 Å². The van der Waals surface area contributed by atoms with Crippen molar-refractivity contribution in [3.63, 3.8) is 0 Å². The molecule has 0 fully saturated rings. The van der Waals surface area contributed by atoms with Crippen LogP contribution in [0.15, 0.2) is 48.7 Å². The van der Waals surface area contributed by atoms with Crippen LogP contribution < -0.4 is 5.32 Å². The number of anilines is 1. The molecule has 3 nitrogen and oxygen atoms in total. The lowest BCUT2D eigenvalue weighted by Gasteiger charge is -2.14. The maximum atomic E-state index is 12.9. The van der Waals surface area contributed by atoms with Crippen LogP contribution in [0.25, 0.3) is 11.0 Å². The van der Waals surface area contributed by atoms with Crippen LogP contribution in [0.3, 0.4) is 0 Å². The van der Waals surface area contributed by atoms with Gasteiger partial charge in [-0.05, 0) is 35.9 Å². The summed E-state index contributed by atoms with van der Waals surface area (Å²) in [5, 5.41) is 2.70. The number of aromatic nitrogens is 2. The van der Waals surface area contributed by atoms with Gasteiger partial charge < -0.3 is 5.32 Å². The summed E-state index contributed by atoms with van der Waals surface area (Å²) >= 11 is 0. The van der Waals surface area contributed by atoms with E-state index >= 15 is 0 Å². The second-order valence-corrected chi connectivity index (χ2v) is 5.51. The van der Waals surface area contributed by atoms with Crippen molar-refractivity contribution in [1.29, 1.82) is 0 Å². The average molecular weight is 371 g/mol. The number of rotatable bonds is 3. The summed E-state index contributed by atoms with van der Waals surface area (Å²) in [6.45, 7) is -0.264. The highest BCUT2D eigenvalue weighted by molar-refractivity contribution is 5.75. The second kappa shape index (κ2) is 6.47. The van der Waals surface area contributed by atoms with E-state index in [9.17, 15) is 26.3 Å². The molecule has 1 N–H and O–H groups in total. The van der Waals surface area contributed by atoms with E-state index in [1.54, 1.807) is 24.3 Å². The average Bonchev–Trinajstić information content (AvgIpc) is 2.58. The molecule has 26 heavy (non-hydrogen) atoms. The molecule has 0 spiro atoms.